The zero-order valence-corrected chi connectivity index (χ0v) is 15.3. The van der Waals surface area contributed by atoms with Crippen molar-refractivity contribution in [1.29, 1.82) is 0 Å². The van der Waals surface area contributed by atoms with Gasteiger partial charge in [0.2, 0.25) is 5.91 Å². The van der Waals surface area contributed by atoms with E-state index in [1.807, 2.05) is 15.2 Å². The molecule has 0 aromatic carbocycles. The average molecular weight is 371 g/mol. The predicted molar refractivity (Wildman–Crippen MR) is 95.7 cm³/mol. The molecular formula is C18H21N5O2S. The second-order valence-corrected chi connectivity index (χ2v) is 8.19. The van der Waals surface area contributed by atoms with Crippen molar-refractivity contribution in [1.82, 2.24) is 25.0 Å². The molecule has 0 unspecified atom stereocenters. The molecule has 2 atom stereocenters. The minimum atomic E-state index is -0.108. The van der Waals surface area contributed by atoms with Crippen LogP contribution < -0.4 is 0 Å². The van der Waals surface area contributed by atoms with Crippen molar-refractivity contribution in [2.75, 3.05) is 13.1 Å². The number of carbonyl (C=O) groups excluding carboxylic acids is 2. The monoisotopic (exact) mass is 371 g/mol. The molecular weight excluding hydrogens is 350 g/mol. The van der Waals surface area contributed by atoms with Crippen LogP contribution in [0.5, 0.6) is 0 Å². The molecule has 5 heterocycles. The van der Waals surface area contributed by atoms with Crippen LogP contribution in [0.3, 0.4) is 0 Å². The van der Waals surface area contributed by atoms with Gasteiger partial charge in [0.25, 0.3) is 5.91 Å². The number of hydrogen-bond donors (Lipinski definition) is 1. The first-order chi connectivity index (χ1) is 12.7. The summed E-state index contributed by atoms with van der Waals surface area (Å²) < 4.78 is 0. The predicted octanol–water partition coefficient (Wildman–Crippen LogP) is 1.62. The fourth-order valence-corrected chi connectivity index (χ4v) is 5.10. The molecule has 4 aliphatic rings. The van der Waals surface area contributed by atoms with Gasteiger partial charge in [0, 0.05) is 35.8 Å². The van der Waals surface area contributed by atoms with Crippen LogP contribution in [0.1, 0.15) is 46.7 Å². The number of amides is 2. The third-order valence-electron chi connectivity index (χ3n) is 5.91. The number of aromatic amines is 1. The lowest BCUT2D eigenvalue weighted by Gasteiger charge is -2.35. The summed E-state index contributed by atoms with van der Waals surface area (Å²) in [6.07, 6.45) is 4.78. The van der Waals surface area contributed by atoms with E-state index >= 15 is 0 Å². The van der Waals surface area contributed by atoms with Crippen molar-refractivity contribution in [3.8, 4) is 0 Å². The summed E-state index contributed by atoms with van der Waals surface area (Å²) in [5.74, 6) is 0.0322. The lowest BCUT2D eigenvalue weighted by Crippen LogP contribution is -2.47. The van der Waals surface area contributed by atoms with Crippen LogP contribution in [0.2, 0.25) is 0 Å². The Morgan fingerprint density at radius 1 is 1.31 bits per heavy atom. The van der Waals surface area contributed by atoms with Crippen LogP contribution >= 0.6 is 11.3 Å². The number of aromatic nitrogens is 3. The van der Waals surface area contributed by atoms with E-state index in [2.05, 4.69) is 15.2 Å². The van der Waals surface area contributed by atoms with Crippen LogP contribution in [0.4, 0.5) is 0 Å². The summed E-state index contributed by atoms with van der Waals surface area (Å²) >= 11 is 1.54. The average Bonchev–Trinajstić information content (AvgIpc) is 3.33. The molecule has 1 N–H and O–H groups in total. The molecule has 3 fully saturated rings. The summed E-state index contributed by atoms with van der Waals surface area (Å²) in [6.45, 7) is 1.64. The normalized spacial score (nSPS) is 24.8. The maximum absolute atomic E-state index is 13.1. The summed E-state index contributed by atoms with van der Waals surface area (Å²) in [4.78, 5) is 34.2. The van der Waals surface area contributed by atoms with E-state index in [4.69, 9.17) is 0 Å². The zero-order chi connectivity index (χ0) is 17.7. The van der Waals surface area contributed by atoms with E-state index < -0.39 is 0 Å². The van der Waals surface area contributed by atoms with Crippen molar-refractivity contribution < 1.29 is 9.59 Å². The molecule has 136 valence electrons. The van der Waals surface area contributed by atoms with Gasteiger partial charge in [-0.25, -0.2) is 4.98 Å². The number of fused-ring (bicyclic) bond motifs is 5. The van der Waals surface area contributed by atoms with Gasteiger partial charge in [0.05, 0.1) is 23.7 Å². The van der Waals surface area contributed by atoms with Crippen LogP contribution in [-0.2, 0) is 24.2 Å². The van der Waals surface area contributed by atoms with Crippen molar-refractivity contribution in [2.45, 2.75) is 44.7 Å². The highest BCUT2D eigenvalue weighted by atomic mass is 32.1. The smallest absolute Gasteiger partial charge is 0.274 e. The second kappa shape index (κ2) is 6.19. The minimum absolute atomic E-state index is 0.0235. The first kappa shape index (κ1) is 16.0. The van der Waals surface area contributed by atoms with Gasteiger partial charge in [-0.1, -0.05) is 0 Å². The molecule has 7 nitrogen and oxygen atoms in total. The fourth-order valence-electron chi connectivity index (χ4n) is 4.55. The summed E-state index contributed by atoms with van der Waals surface area (Å²) in [5, 5.41) is 9.30. The molecule has 2 aromatic rings. The first-order valence-electron chi connectivity index (χ1n) is 9.23. The van der Waals surface area contributed by atoms with Gasteiger partial charge in [-0.2, -0.15) is 5.10 Å². The molecule has 1 aliphatic carbocycles. The van der Waals surface area contributed by atoms with Crippen molar-refractivity contribution in [2.24, 2.45) is 5.92 Å². The van der Waals surface area contributed by atoms with E-state index in [1.54, 1.807) is 16.8 Å². The number of piperidine rings is 1. The van der Waals surface area contributed by atoms with Gasteiger partial charge >= 0.3 is 0 Å². The second-order valence-electron chi connectivity index (χ2n) is 7.47. The zero-order valence-electron chi connectivity index (χ0n) is 14.5. The summed E-state index contributed by atoms with van der Waals surface area (Å²) in [7, 11) is 0. The van der Waals surface area contributed by atoms with Gasteiger partial charge in [0.15, 0.2) is 5.69 Å². The van der Waals surface area contributed by atoms with E-state index in [0.717, 1.165) is 49.1 Å². The van der Waals surface area contributed by atoms with Crippen LogP contribution in [0, 0.1) is 5.92 Å². The van der Waals surface area contributed by atoms with Crippen molar-refractivity contribution in [3.63, 3.8) is 0 Å². The van der Waals surface area contributed by atoms with Crippen LogP contribution in [-0.4, -0.2) is 55.9 Å². The maximum atomic E-state index is 13.1. The molecule has 0 saturated carbocycles. The molecule has 0 spiro atoms. The first-order valence-corrected chi connectivity index (χ1v) is 10.2. The maximum Gasteiger partial charge on any atom is 0.274 e. The Bertz CT molecular complexity index is 846. The third-order valence-corrected chi connectivity index (χ3v) is 6.54. The fraction of sp³-hybridized carbons (Fsp3) is 0.556. The minimum Gasteiger partial charge on any atom is -0.334 e. The van der Waals surface area contributed by atoms with E-state index in [-0.39, 0.29) is 23.8 Å². The van der Waals surface area contributed by atoms with Gasteiger partial charge < -0.3 is 9.80 Å². The SMILES string of the molecule is O=C(c1n[nH]c2c1CCC2)N1C[C@@H]2CC[C@H](C1)N(Cc1cscn1)C2=O. The highest BCUT2D eigenvalue weighted by molar-refractivity contribution is 7.07. The molecule has 6 rings (SSSR count). The Labute approximate surface area is 155 Å². The Morgan fingerprint density at radius 2 is 2.23 bits per heavy atom. The summed E-state index contributed by atoms with van der Waals surface area (Å²) in [6, 6.07) is 0.0684. The molecule has 2 bridgehead atoms. The van der Waals surface area contributed by atoms with Crippen molar-refractivity contribution >= 4 is 23.2 Å². The number of rotatable bonds is 3. The molecule has 3 aliphatic heterocycles. The molecule has 8 heteroatoms. The van der Waals surface area contributed by atoms with Crippen LogP contribution in [0.15, 0.2) is 10.9 Å². The van der Waals surface area contributed by atoms with Crippen LogP contribution in [0.25, 0.3) is 0 Å². The number of aryl methyl sites for hydroxylation is 1. The number of nitrogens with one attached hydrogen (secondary N) is 1. The quantitative estimate of drug-likeness (QED) is 0.889. The standard InChI is InChI=1S/C18H21N5O2S/c24-17-11-4-5-13(23(17)7-12-9-26-10-19-12)8-22(6-11)18(25)16-14-2-1-3-15(14)20-21-16/h9-11,13H,1-8H2,(H,20,21)/t11-,13+/m0/s1. The number of H-pyrrole nitrogens is 1. The van der Waals surface area contributed by atoms with E-state index in [9.17, 15) is 9.59 Å². The highest BCUT2D eigenvalue weighted by Gasteiger charge is 2.43. The number of thiazole rings is 1. The Balaban J connectivity index is 1.39. The highest BCUT2D eigenvalue weighted by Crippen LogP contribution is 2.32. The van der Waals surface area contributed by atoms with Gasteiger partial charge in [0.1, 0.15) is 0 Å². The van der Waals surface area contributed by atoms with Gasteiger partial charge in [-0.15, -0.1) is 11.3 Å². The number of carbonyl (C=O) groups is 2. The van der Waals surface area contributed by atoms with Gasteiger partial charge in [-0.05, 0) is 32.1 Å². The lowest BCUT2D eigenvalue weighted by atomic mass is 9.94. The largest absolute Gasteiger partial charge is 0.334 e. The van der Waals surface area contributed by atoms with Crippen molar-refractivity contribution in [3.05, 3.63) is 33.5 Å². The summed E-state index contributed by atoms with van der Waals surface area (Å²) in [5.41, 5.74) is 5.48. The number of hydrogen-bond acceptors (Lipinski definition) is 5. The Morgan fingerprint density at radius 3 is 3.08 bits per heavy atom. The molecule has 2 aromatic heterocycles. The number of nitrogens with zero attached hydrogens (tertiary/aromatic N) is 4. The lowest BCUT2D eigenvalue weighted by molar-refractivity contribution is -0.140. The molecule has 3 saturated heterocycles. The molecule has 2 amide bonds. The topological polar surface area (TPSA) is 82.2 Å². The third kappa shape index (κ3) is 2.55. The Kier molecular flexibility index (Phi) is 3.81. The van der Waals surface area contributed by atoms with E-state index in [0.29, 0.717) is 25.3 Å². The van der Waals surface area contributed by atoms with E-state index in [1.165, 1.54) is 0 Å². The molecule has 26 heavy (non-hydrogen) atoms. The Hall–Kier alpha value is -2.22. The van der Waals surface area contributed by atoms with Gasteiger partial charge in [-0.3, -0.25) is 14.7 Å². The molecule has 0 radical (unpaired) electrons.